The largest absolute Gasteiger partial charge is 0.497 e. The normalized spacial score (nSPS) is 11.0. The lowest BCUT2D eigenvalue weighted by Gasteiger charge is -2.06. The molecular weight excluding hydrogens is 457 g/mol. The number of carbonyl (C=O) groups is 1. The van der Waals surface area contributed by atoms with Crippen LogP contribution in [0.1, 0.15) is 9.67 Å². The molecule has 10 heteroatoms. The van der Waals surface area contributed by atoms with E-state index in [9.17, 15) is 4.79 Å². The minimum absolute atomic E-state index is 0.141. The maximum atomic E-state index is 12.6. The first-order valence-corrected chi connectivity index (χ1v) is 10.7. The predicted molar refractivity (Wildman–Crippen MR) is 122 cm³/mol. The van der Waals surface area contributed by atoms with Gasteiger partial charge in [0, 0.05) is 15.1 Å². The monoisotopic (exact) mass is 467 g/mol. The van der Waals surface area contributed by atoms with E-state index in [1.807, 2.05) is 18.2 Å². The Morgan fingerprint density at radius 2 is 1.96 bits per heavy atom. The first-order chi connectivity index (χ1) is 13.4. The van der Waals surface area contributed by atoms with Crippen LogP contribution in [-0.4, -0.2) is 23.1 Å². The minimum Gasteiger partial charge on any atom is -0.497 e. The van der Waals surface area contributed by atoms with Crippen LogP contribution in [0.15, 0.2) is 36.4 Å². The molecule has 2 aromatic heterocycles. The molecule has 28 heavy (non-hydrogen) atoms. The second-order valence-electron chi connectivity index (χ2n) is 5.65. The Kier molecular flexibility index (Phi) is 5.39. The molecule has 0 atom stereocenters. The van der Waals surface area contributed by atoms with Crippen LogP contribution in [0.5, 0.6) is 5.75 Å². The molecule has 0 aliphatic rings. The summed E-state index contributed by atoms with van der Waals surface area (Å²) in [6, 6.07) is 10.9. The van der Waals surface area contributed by atoms with Crippen LogP contribution in [-0.2, 0) is 0 Å². The molecule has 142 valence electrons. The SMILES string of the molecule is COc1ccc2nc(NC(=S)NC(=O)c3sc4cc(Cl)ccc4c3Cl)sc2c1. The molecule has 2 aromatic carbocycles. The van der Waals surface area contributed by atoms with E-state index in [-0.39, 0.29) is 11.0 Å². The summed E-state index contributed by atoms with van der Waals surface area (Å²) >= 11 is 20.3. The van der Waals surface area contributed by atoms with E-state index in [2.05, 4.69) is 15.6 Å². The number of thiophene rings is 1. The van der Waals surface area contributed by atoms with Gasteiger partial charge in [0.25, 0.3) is 5.91 Å². The van der Waals surface area contributed by atoms with Crippen molar-refractivity contribution in [2.24, 2.45) is 0 Å². The van der Waals surface area contributed by atoms with E-state index in [1.54, 1.807) is 25.3 Å². The van der Waals surface area contributed by atoms with Crippen molar-refractivity contribution in [1.29, 1.82) is 0 Å². The van der Waals surface area contributed by atoms with Crippen molar-refractivity contribution < 1.29 is 9.53 Å². The number of anilines is 1. The van der Waals surface area contributed by atoms with Crippen LogP contribution in [0.4, 0.5) is 5.13 Å². The van der Waals surface area contributed by atoms with Crippen molar-refractivity contribution in [2.75, 3.05) is 12.4 Å². The Bertz CT molecular complexity index is 1240. The number of hydrogen-bond donors (Lipinski definition) is 2. The van der Waals surface area contributed by atoms with Gasteiger partial charge in [0.05, 0.1) is 22.3 Å². The number of nitrogens with one attached hydrogen (secondary N) is 2. The quantitative estimate of drug-likeness (QED) is 0.364. The molecule has 0 fully saturated rings. The summed E-state index contributed by atoms with van der Waals surface area (Å²) in [6.45, 7) is 0. The van der Waals surface area contributed by atoms with Crippen molar-refractivity contribution in [3.05, 3.63) is 51.3 Å². The maximum Gasteiger partial charge on any atom is 0.269 e. The summed E-state index contributed by atoms with van der Waals surface area (Å²) in [4.78, 5) is 17.4. The van der Waals surface area contributed by atoms with E-state index < -0.39 is 0 Å². The van der Waals surface area contributed by atoms with Gasteiger partial charge >= 0.3 is 0 Å². The third-order valence-corrected chi connectivity index (χ3v) is 6.87. The number of amides is 1. The van der Waals surface area contributed by atoms with Gasteiger partial charge in [-0.3, -0.25) is 10.1 Å². The summed E-state index contributed by atoms with van der Waals surface area (Å²) in [5, 5.41) is 8.04. The Morgan fingerprint density at radius 3 is 2.75 bits per heavy atom. The van der Waals surface area contributed by atoms with Crippen molar-refractivity contribution in [3.8, 4) is 5.75 Å². The number of ether oxygens (including phenoxy) is 1. The molecule has 0 unspecified atom stereocenters. The van der Waals surface area contributed by atoms with E-state index in [0.29, 0.717) is 20.1 Å². The Hall–Kier alpha value is -1.97. The van der Waals surface area contributed by atoms with Crippen molar-refractivity contribution >= 4 is 94.5 Å². The smallest absolute Gasteiger partial charge is 0.269 e. The average Bonchev–Trinajstić information content (AvgIpc) is 3.20. The fraction of sp³-hybridized carbons (Fsp3) is 0.0556. The number of thiazole rings is 1. The molecule has 2 heterocycles. The van der Waals surface area contributed by atoms with Gasteiger partial charge < -0.3 is 10.1 Å². The summed E-state index contributed by atoms with van der Waals surface area (Å²) < 4.78 is 6.99. The predicted octanol–water partition coefficient (Wildman–Crippen LogP) is 5.95. The Morgan fingerprint density at radius 1 is 1.14 bits per heavy atom. The van der Waals surface area contributed by atoms with Crippen LogP contribution in [0.25, 0.3) is 20.3 Å². The Balaban J connectivity index is 1.50. The molecule has 0 aliphatic carbocycles. The zero-order chi connectivity index (χ0) is 19.8. The van der Waals surface area contributed by atoms with E-state index in [0.717, 1.165) is 26.1 Å². The van der Waals surface area contributed by atoms with Gasteiger partial charge in [0.15, 0.2) is 10.2 Å². The third kappa shape index (κ3) is 3.78. The summed E-state index contributed by atoms with van der Waals surface area (Å²) in [5.74, 6) is 0.362. The molecule has 0 saturated carbocycles. The lowest BCUT2D eigenvalue weighted by molar-refractivity contribution is 0.0982. The first-order valence-electron chi connectivity index (χ1n) is 7.89. The minimum atomic E-state index is -0.386. The highest BCUT2D eigenvalue weighted by Crippen LogP contribution is 2.36. The van der Waals surface area contributed by atoms with Crippen molar-refractivity contribution in [1.82, 2.24) is 10.3 Å². The molecule has 0 saturated heterocycles. The van der Waals surface area contributed by atoms with E-state index >= 15 is 0 Å². The number of hydrogen-bond acceptors (Lipinski definition) is 6. The second kappa shape index (κ2) is 7.81. The molecule has 0 aliphatic heterocycles. The number of aromatic nitrogens is 1. The molecule has 0 bridgehead atoms. The van der Waals surface area contributed by atoms with Crippen molar-refractivity contribution in [3.63, 3.8) is 0 Å². The zero-order valence-corrected chi connectivity index (χ0v) is 18.2. The van der Waals surface area contributed by atoms with E-state index in [4.69, 9.17) is 40.2 Å². The molecule has 2 N–H and O–H groups in total. The van der Waals surface area contributed by atoms with Gasteiger partial charge in [0.2, 0.25) is 0 Å². The maximum absolute atomic E-state index is 12.6. The molecule has 5 nitrogen and oxygen atoms in total. The number of benzene rings is 2. The molecule has 1 amide bonds. The summed E-state index contributed by atoms with van der Waals surface area (Å²) in [5.41, 5.74) is 0.812. The van der Waals surface area contributed by atoms with Gasteiger partial charge in [-0.1, -0.05) is 40.6 Å². The highest BCUT2D eigenvalue weighted by atomic mass is 35.5. The topological polar surface area (TPSA) is 63.2 Å². The van der Waals surface area contributed by atoms with Crippen LogP contribution in [0.2, 0.25) is 10.0 Å². The van der Waals surface area contributed by atoms with Crippen molar-refractivity contribution in [2.45, 2.75) is 0 Å². The zero-order valence-electron chi connectivity index (χ0n) is 14.2. The summed E-state index contributed by atoms with van der Waals surface area (Å²) in [7, 11) is 1.61. The number of carbonyl (C=O) groups excluding carboxylic acids is 1. The fourth-order valence-corrected chi connectivity index (χ4v) is 5.40. The summed E-state index contributed by atoms with van der Waals surface area (Å²) in [6.07, 6.45) is 0. The fourth-order valence-electron chi connectivity index (χ4n) is 2.56. The van der Waals surface area contributed by atoms with Crippen LogP contribution in [0.3, 0.4) is 0 Å². The van der Waals surface area contributed by atoms with Crippen LogP contribution < -0.4 is 15.4 Å². The number of halogens is 2. The number of rotatable bonds is 3. The van der Waals surface area contributed by atoms with Gasteiger partial charge in [-0.25, -0.2) is 4.98 Å². The number of fused-ring (bicyclic) bond motifs is 2. The Labute approximate surface area is 183 Å². The average molecular weight is 468 g/mol. The van der Waals surface area contributed by atoms with Gasteiger partial charge in [-0.05, 0) is 42.5 Å². The number of thiocarbonyl (C=S) groups is 1. The van der Waals surface area contributed by atoms with Gasteiger partial charge in [-0.2, -0.15) is 0 Å². The molecular formula is C18H11Cl2N3O2S3. The first kappa shape index (κ1) is 19.4. The van der Waals surface area contributed by atoms with Crippen LogP contribution in [0, 0.1) is 0 Å². The second-order valence-corrected chi connectivity index (χ2v) is 8.95. The lowest BCUT2D eigenvalue weighted by atomic mass is 10.2. The highest BCUT2D eigenvalue weighted by molar-refractivity contribution is 7.80. The van der Waals surface area contributed by atoms with Crippen LogP contribution >= 0.6 is 58.1 Å². The molecule has 0 radical (unpaired) electrons. The standard InChI is InChI=1S/C18H11Cl2N3O2S3/c1-25-9-3-5-11-13(7-9)28-18(21-11)23-17(26)22-16(24)15-14(20)10-4-2-8(19)6-12(10)27-15/h2-7H,1H3,(H2,21,22,23,24,26). The van der Waals surface area contributed by atoms with Gasteiger partial charge in [-0.15, -0.1) is 11.3 Å². The number of nitrogens with zero attached hydrogens (tertiary/aromatic N) is 1. The van der Waals surface area contributed by atoms with E-state index in [1.165, 1.54) is 22.7 Å². The lowest BCUT2D eigenvalue weighted by Crippen LogP contribution is -2.33. The number of methoxy groups -OCH3 is 1. The molecule has 4 aromatic rings. The molecule has 4 rings (SSSR count). The van der Waals surface area contributed by atoms with Gasteiger partial charge in [0.1, 0.15) is 10.6 Å². The third-order valence-electron chi connectivity index (χ3n) is 3.84. The highest BCUT2D eigenvalue weighted by Gasteiger charge is 2.18. The molecule has 0 spiro atoms.